The van der Waals surface area contributed by atoms with Crippen LogP contribution >= 0.6 is 0 Å². The quantitative estimate of drug-likeness (QED) is 0.0348. The molecule has 742 valence electrons. The SMILES string of the molecule is CC[C@H](C)[C@@H]([C@@H](CC(=O)N1CCC[C@H]1[C@H](OC)[C@@H](C)C(=O)C[C@H](C)[C@@H](O)c1ccccc1)OC)N(C)C(=O)[C@@H](NC(=O)[C@H](C(C)C)N(C)C(=O)OCc1ccc(O[C@@H]2O[C@H](C(=O)O)[C@@H](O)[C@H](O)[C@H]2O)c(NC(=O)CCNC(=O)C2(N3C(=O)C=CC3=O)CN(CCCOCCOCCOCCOCCOCCOCCOCCOCCOCCOCCOCCOC)C2)c1)C(C)C. The number of carbonyl (C=O) groups excluding carboxylic acids is 9. The summed E-state index contributed by atoms with van der Waals surface area (Å²) in [4.78, 5) is 146. The van der Waals surface area contributed by atoms with E-state index in [2.05, 4.69) is 16.0 Å². The van der Waals surface area contributed by atoms with E-state index in [1.165, 1.54) is 44.4 Å². The maximum absolute atomic E-state index is 15.0. The summed E-state index contributed by atoms with van der Waals surface area (Å²) in [6.45, 7) is 24.2. The molecule has 0 spiro atoms. The highest BCUT2D eigenvalue weighted by Crippen LogP contribution is 2.36. The molecule has 0 aliphatic carbocycles. The van der Waals surface area contributed by atoms with Gasteiger partial charge in [0.05, 0.1) is 188 Å². The Labute approximate surface area is 769 Å². The topological polar surface area (TPSA) is 481 Å². The smallest absolute Gasteiger partial charge is 0.410 e. The van der Waals surface area contributed by atoms with Crippen molar-refractivity contribution < 1.29 is 154 Å². The summed E-state index contributed by atoms with van der Waals surface area (Å²) in [5, 5.41) is 61.2. The van der Waals surface area contributed by atoms with E-state index in [-0.39, 0.29) is 73.0 Å². The van der Waals surface area contributed by atoms with E-state index < -0.39 is 157 Å². The molecule has 40 heteroatoms. The van der Waals surface area contributed by atoms with Crippen molar-refractivity contribution in [1.82, 2.24) is 35.1 Å². The van der Waals surface area contributed by atoms with Crippen molar-refractivity contribution in [3.05, 3.63) is 71.8 Å². The van der Waals surface area contributed by atoms with Gasteiger partial charge in [-0.3, -0.25) is 53.1 Å². The van der Waals surface area contributed by atoms with Gasteiger partial charge < -0.3 is 132 Å². The number of ether oxygens (including phenoxy) is 17. The minimum absolute atomic E-state index is 0.0269. The van der Waals surface area contributed by atoms with E-state index in [1.54, 1.807) is 53.7 Å². The first-order valence-corrected chi connectivity index (χ1v) is 45.4. The second-order valence-corrected chi connectivity index (χ2v) is 33.6. The number of likely N-dealkylation sites (N-methyl/N-ethyl adjacent to an activating group) is 2. The lowest BCUT2D eigenvalue weighted by Crippen LogP contribution is -2.77. The van der Waals surface area contributed by atoms with Crippen molar-refractivity contribution in [1.29, 1.82) is 0 Å². The molecule has 0 aromatic heterocycles. The van der Waals surface area contributed by atoms with Gasteiger partial charge in [0, 0.05) is 106 Å². The first-order chi connectivity index (χ1) is 62.9. The second kappa shape index (κ2) is 60.4. The van der Waals surface area contributed by atoms with Gasteiger partial charge in [0.15, 0.2) is 11.6 Å². The Morgan fingerprint density at radius 3 is 1.62 bits per heavy atom. The number of aliphatic hydroxyl groups is 4. The van der Waals surface area contributed by atoms with Crippen molar-refractivity contribution in [2.75, 3.05) is 225 Å². The Bertz CT molecular complexity index is 3750. The number of carbonyl (C=O) groups is 10. The molecular formula is C91H146N8O32. The molecule has 0 bridgehead atoms. The molecule has 40 nitrogen and oxygen atoms in total. The van der Waals surface area contributed by atoms with Crippen LogP contribution in [-0.2, 0) is 126 Å². The standard InChI is InChI=1S/C91H146N8O32/c1-14-62(6)78(71(116-12)56-75(104)98-30-18-22-68(98)83(117-13)64(8)69(100)54-63(7)79(105)66-20-16-15-17-21-66)95(9)86(110)76(60(2)3)94-85(109)77(61(4)5)96(10)90(114)129-57-65-23-24-70(130-88-82(108)80(106)81(107)84(131-88)87(111)112)67(55-65)93-72(101)27-28-92-89(113)91(99-73(102)25-26-74(99)103)58-97(59-91)29-19-31-118-34-35-120-38-39-122-42-43-124-46-47-126-50-51-128-53-52-127-49-48-125-45-44-123-41-40-121-37-36-119-33-32-115-11/h15-17,20-21,23-26,55,60-64,68,71,76-84,88,105-108H,14,18-19,22,27-54,56-59H2,1-13H3,(H,92,113)(H,93,101)(H,94,109)(H,111,112)/t62-,63-,64-,68-,71+,76-,77-,78-,79+,80-,81-,82+,83+,84-,88+/m0/s1. The van der Waals surface area contributed by atoms with E-state index in [4.69, 9.17) is 80.5 Å². The van der Waals surface area contributed by atoms with Crippen LogP contribution in [0.4, 0.5) is 10.5 Å². The van der Waals surface area contributed by atoms with Gasteiger partial charge in [0.1, 0.15) is 48.5 Å². The van der Waals surface area contributed by atoms with Crippen molar-refractivity contribution in [3.8, 4) is 5.75 Å². The number of aliphatic hydroxyl groups excluding tert-OH is 4. The molecule has 0 unspecified atom stereocenters. The predicted molar refractivity (Wildman–Crippen MR) is 473 cm³/mol. The number of amides is 8. The highest BCUT2D eigenvalue weighted by Gasteiger charge is 2.58. The molecule has 4 aliphatic rings. The molecule has 0 radical (unpaired) electrons. The number of benzene rings is 2. The number of nitrogens with zero attached hydrogens (tertiary/aromatic N) is 5. The number of imide groups is 1. The average molecular weight is 1860 g/mol. The van der Waals surface area contributed by atoms with Gasteiger partial charge in [-0.15, -0.1) is 0 Å². The maximum Gasteiger partial charge on any atom is 0.410 e. The van der Waals surface area contributed by atoms with E-state index >= 15 is 4.79 Å². The largest absolute Gasteiger partial charge is 0.479 e. The lowest BCUT2D eigenvalue weighted by molar-refractivity contribution is -0.271. The van der Waals surface area contributed by atoms with Crippen LogP contribution in [0.1, 0.15) is 118 Å². The first kappa shape index (κ1) is 112. The van der Waals surface area contributed by atoms with Crippen LogP contribution in [0.25, 0.3) is 0 Å². The fraction of sp³-hybridized carbons (Fsp3) is 0.736. The number of ketones is 1. The number of rotatable bonds is 69. The number of nitrogens with one attached hydrogen (secondary N) is 3. The van der Waals surface area contributed by atoms with Crippen LogP contribution in [0.3, 0.4) is 0 Å². The fourth-order valence-electron chi connectivity index (χ4n) is 15.9. The predicted octanol–water partition coefficient (Wildman–Crippen LogP) is 2.58. The number of anilines is 1. The number of aliphatic carboxylic acids is 1. The lowest BCUT2D eigenvalue weighted by atomic mass is 9.85. The maximum atomic E-state index is 15.0. The Morgan fingerprint density at radius 1 is 0.618 bits per heavy atom. The monoisotopic (exact) mass is 1860 g/mol. The minimum Gasteiger partial charge on any atom is -0.479 e. The summed E-state index contributed by atoms with van der Waals surface area (Å²) in [7, 11) is 7.56. The van der Waals surface area contributed by atoms with Crippen LogP contribution in [0.5, 0.6) is 5.75 Å². The third kappa shape index (κ3) is 36.0. The van der Waals surface area contributed by atoms with Gasteiger partial charge in [0.25, 0.3) is 11.8 Å². The van der Waals surface area contributed by atoms with Crippen molar-refractivity contribution in [3.63, 3.8) is 0 Å². The number of hydrogen-bond acceptors (Lipinski definition) is 32. The van der Waals surface area contributed by atoms with Crippen LogP contribution in [0.15, 0.2) is 60.7 Å². The Hall–Kier alpha value is -7.92. The lowest BCUT2D eigenvalue weighted by Gasteiger charge is -2.52. The van der Waals surface area contributed by atoms with E-state index in [9.17, 15) is 68.7 Å². The molecule has 0 saturated carbocycles. The number of carboxylic acid groups (broad SMARTS) is 1. The van der Waals surface area contributed by atoms with E-state index in [0.717, 1.165) is 22.0 Å². The summed E-state index contributed by atoms with van der Waals surface area (Å²) >= 11 is 0. The zero-order valence-corrected chi connectivity index (χ0v) is 78.5. The van der Waals surface area contributed by atoms with Crippen molar-refractivity contribution in [2.24, 2.45) is 29.6 Å². The summed E-state index contributed by atoms with van der Waals surface area (Å²) in [5.74, 6) is -8.74. The molecule has 2 aromatic rings. The summed E-state index contributed by atoms with van der Waals surface area (Å²) in [6, 6.07) is 9.53. The van der Waals surface area contributed by atoms with Gasteiger partial charge in [-0.05, 0) is 66.2 Å². The van der Waals surface area contributed by atoms with Gasteiger partial charge in [-0.1, -0.05) is 98.2 Å². The van der Waals surface area contributed by atoms with Crippen LogP contribution in [-0.4, -0.2) is 402 Å². The van der Waals surface area contributed by atoms with Gasteiger partial charge >= 0.3 is 12.1 Å². The zero-order chi connectivity index (χ0) is 96.0. The fourth-order valence-corrected chi connectivity index (χ4v) is 15.9. The van der Waals surface area contributed by atoms with Gasteiger partial charge in [-0.2, -0.15) is 0 Å². The number of Topliss-reactive ketones (excluding diaryl/α,β-unsaturated/α-hetero) is 1. The number of hydrogen-bond donors (Lipinski definition) is 8. The van der Waals surface area contributed by atoms with Crippen LogP contribution < -0.4 is 20.7 Å². The normalized spacial score (nSPS) is 20.1. The average Bonchev–Trinajstić information content (AvgIpc) is 1.69. The van der Waals surface area contributed by atoms with Crippen LogP contribution in [0, 0.1) is 29.6 Å². The summed E-state index contributed by atoms with van der Waals surface area (Å²) < 4.78 is 94.9. The third-order valence-electron chi connectivity index (χ3n) is 23.3. The molecular weight excluding hydrogens is 1720 g/mol. The highest BCUT2D eigenvalue weighted by molar-refractivity contribution is 6.16. The minimum atomic E-state index is -2.08. The second-order valence-electron chi connectivity index (χ2n) is 33.6. The number of likely N-dealkylation sites (tertiary alicyclic amines) is 2. The van der Waals surface area contributed by atoms with Crippen molar-refractivity contribution in [2.45, 2.75) is 186 Å². The Kier molecular flexibility index (Phi) is 51.6. The summed E-state index contributed by atoms with van der Waals surface area (Å²) in [5.41, 5.74) is -0.930. The van der Waals surface area contributed by atoms with E-state index in [1.807, 2.05) is 56.0 Å². The highest BCUT2D eigenvalue weighted by atomic mass is 16.7. The third-order valence-corrected chi connectivity index (χ3v) is 23.3. The molecule has 4 heterocycles. The molecule has 8 N–H and O–H groups in total. The zero-order valence-electron chi connectivity index (χ0n) is 78.5. The van der Waals surface area contributed by atoms with Crippen molar-refractivity contribution >= 4 is 64.9 Å². The van der Waals surface area contributed by atoms with Gasteiger partial charge in [-0.25, -0.2) is 9.59 Å². The number of methoxy groups -OCH3 is 3. The molecule has 6 rings (SSSR count). The first-order valence-electron chi connectivity index (χ1n) is 45.4. The van der Waals surface area contributed by atoms with Crippen LogP contribution in [0.2, 0.25) is 0 Å². The molecule has 3 fully saturated rings. The molecule has 131 heavy (non-hydrogen) atoms. The molecule has 8 amide bonds. The Morgan fingerprint density at radius 2 is 1.14 bits per heavy atom. The van der Waals surface area contributed by atoms with Gasteiger partial charge in [0.2, 0.25) is 35.8 Å². The molecule has 15 atom stereocenters. The molecule has 2 aromatic carbocycles. The molecule has 4 aliphatic heterocycles. The summed E-state index contributed by atoms with van der Waals surface area (Å²) in [6.07, 6.45) is -9.56. The van der Waals surface area contributed by atoms with E-state index in [0.29, 0.717) is 196 Å². The number of carboxylic acids is 1. The molecule has 3 saturated heterocycles. The Balaban J connectivity index is 0.939.